The molecule has 3 rings (SSSR count). The van der Waals surface area contributed by atoms with Crippen LogP contribution in [0.5, 0.6) is 5.75 Å². The Bertz CT molecular complexity index is 633. The topological polar surface area (TPSA) is 26.3 Å². The van der Waals surface area contributed by atoms with Gasteiger partial charge in [0.1, 0.15) is 5.75 Å². The molecule has 2 fully saturated rings. The molecule has 0 N–H and O–H groups in total. The van der Waals surface area contributed by atoms with Crippen molar-refractivity contribution in [3.8, 4) is 5.75 Å². The van der Waals surface area contributed by atoms with Crippen LogP contribution >= 0.6 is 11.6 Å². The zero-order valence-corrected chi connectivity index (χ0v) is 19.0. The molecule has 0 atom stereocenters. The molecule has 2 aliphatic rings. The predicted octanol–water partition coefficient (Wildman–Crippen LogP) is 7.57. The van der Waals surface area contributed by atoms with Gasteiger partial charge in [0.05, 0.1) is 5.92 Å². The van der Waals surface area contributed by atoms with Crippen molar-refractivity contribution in [1.29, 1.82) is 0 Å². The second kappa shape index (κ2) is 9.75. The Labute approximate surface area is 175 Å². The number of halogens is 2. The number of rotatable bonds is 6. The Morgan fingerprint density at radius 1 is 1.11 bits per heavy atom. The van der Waals surface area contributed by atoms with Crippen LogP contribution in [-0.2, 0) is 4.79 Å². The highest BCUT2D eigenvalue weighted by Crippen LogP contribution is 2.49. The van der Waals surface area contributed by atoms with E-state index in [0.717, 1.165) is 24.7 Å². The van der Waals surface area contributed by atoms with E-state index in [2.05, 4.69) is 13.8 Å². The molecule has 0 radical (unpaired) electrons. The van der Waals surface area contributed by atoms with E-state index in [0.29, 0.717) is 41.2 Å². The molecule has 0 aromatic heterocycles. The van der Waals surface area contributed by atoms with Gasteiger partial charge in [-0.25, -0.2) is 0 Å². The normalized spacial score (nSPS) is 31.0. The van der Waals surface area contributed by atoms with Gasteiger partial charge in [0.2, 0.25) is 8.41 Å². The van der Waals surface area contributed by atoms with Gasteiger partial charge in [-0.05, 0) is 66.6 Å². The largest absolute Gasteiger partial charge is 0.426 e. The summed E-state index contributed by atoms with van der Waals surface area (Å²) in [6, 6.07) is 8.09. The first-order valence-electron chi connectivity index (χ1n) is 11.0. The van der Waals surface area contributed by atoms with Gasteiger partial charge in [-0.2, -0.15) is 0 Å². The maximum atomic E-state index is 15.8. The van der Waals surface area contributed by atoms with E-state index in [4.69, 9.17) is 16.3 Å². The Kier molecular flexibility index (Phi) is 7.60. The quantitative estimate of drug-likeness (QED) is 0.204. The first-order valence-corrected chi connectivity index (χ1v) is 13.8. The second-order valence-electron chi connectivity index (χ2n) is 9.37. The molecule has 5 heteroatoms. The van der Waals surface area contributed by atoms with Gasteiger partial charge in [-0.3, -0.25) is 4.79 Å². The number of hydrogen-bond acceptors (Lipinski definition) is 2. The summed E-state index contributed by atoms with van der Waals surface area (Å²) in [4.78, 5) is 12.4. The van der Waals surface area contributed by atoms with Crippen LogP contribution < -0.4 is 4.74 Å². The van der Waals surface area contributed by atoms with Gasteiger partial charge >= 0.3 is 5.97 Å². The molecule has 0 bridgehead atoms. The predicted molar refractivity (Wildman–Crippen MR) is 116 cm³/mol. The molecule has 0 amide bonds. The van der Waals surface area contributed by atoms with E-state index >= 15 is 4.11 Å². The fraction of sp³-hybridized carbons (Fsp3) is 0.696. The number of hydrogen-bond donors (Lipinski definition) is 0. The maximum Gasteiger partial charge on any atom is 0.314 e. The minimum atomic E-state index is -2.72. The summed E-state index contributed by atoms with van der Waals surface area (Å²) in [6.45, 7) is 4.57. The molecule has 1 heterocycles. The van der Waals surface area contributed by atoms with E-state index < -0.39 is 8.41 Å². The minimum absolute atomic E-state index is 0.158. The summed E-state index contributed by atoms with van der Waals surface area (Å²) in [7, 11) is -2.72. The Morgan fingerprint density at radius 3 is 2.29 bits per heavy atom. The van der Waals surface area contributed by atoms with Crippen molar-refractivity contribution >= 4 is 26.0 Å². The Balaban J connectivity index is 1.45. The van der Waals surface area contributed by atoms with Crippen LogP contribution in [0, 0.1) is 17.8 Å². The third kappa shape index (κ3) is 5.82. The minimum Gasteiger partial charge on any atom is -0.426 e. The van der Waals surface area contributed by atoms with Crippen molar-refractivity contribution in [2.24, 2.45) is 17.8 Å². The van der Waals surface area contributed by atoms with E-state index in [1.807, 2.05) is 0 Å². The van der Waals surface area contributed by atoms with E-state index in [-0.39, 0.29) is 11.9 Å². The average Bonchev–Trinajstić information content (AvgIpc) is 2.69. The lowest BCUT2D eigenvalue weighted by molar-refractivity contribution is -0.139. The molecule has 1 aromatic carbocycles. The molecule has 1 aliphatic heterocycles. The fourth-order valence-corrected chi connectivity index (χ4v) is 9.20. The van der Waals surface area contributed by atoms with Gasteiger partial charge < -0.3 is 8.84 Å². The molecule has 1 saturated carbocycles. The molecular weight excluding hydrogens is 391 g/mol. The molecule has 1 aliphatic carbocycles. The molecule has 0 unspecified atom stereocenters. The highest BCUT2D eigenvalue weighted by molar-refractivity contribution is 6.74. The number of carbonyl (C=O) groups excluding carboxylic acids is 1. The number of carbonyl (C=O) groups is 1. The third-order valence-electron chi connectivity index (χ3n) is 6.91. The van der Waals surface area contributed by atoms with Crippen LogP contribution in [0.25, 0.3) is 0 Å². The van der Waals surface area contributed by atoms with E-state index in [9.17, 15) is 4.79 Å². The standard InChI is InChI=1S/C23H34ClFO2Si/c1-17(2)3-4-18-5-11-22(12-6-18)28(25)15-13-19(14-16-28)23(26)27-21-9-7-20(24)8-10-21/h7-10,17-19,22H,3-6,11-16H2,1-2H3. The number of esters is 1. The highest BCUT2D eigenvalue weighted by atomic mass is 35.5. The summed E-state index contributed by atoms with van der Waals surface area (Å²) in [6.07, 6.45) is 8.48. The maximum absolute atomic E-state index is 15.8. The van der Waals surface area contributed by atoms with Crippen molar-refractivity contribution in [3.05, 3.63) is 29.3 Å². The second-order valence-corrected chi connectivity index (χ2v) is 13.7. The van der Waals surface area contributed by atoms with Crippen LogP contribution in [0.15, 0.2) is 24.3 Å². The van der Waals surface area contributed by atoms with Gasteiger partial charge in [0, 0.05) is 5.02 Å². The van der Waals surface area contributed by atoms with Gasteiger partial charge in [0.15, 0.2) is 0 Å². The van der Waals surface area contributed by atoms with Crippen LogP contribution in [0.2, 0.25) is 22.7 Å². The number of benzene rings is 1. The third-order valence-corrected chi connectivity index (χ3v) is 11.4. The zero-order chi connectivity index (χ0) is 20.1. The van der Waals surface area contributed by atoms with Crippen LogP contribution in [0.4, 0.5) is 4.11 Å². The molecule has 1 saturated heterocycles. The van der Waals surface area contributed by atoms with Crippen LogP contribution in [-0.4, -0.2) is 14.4 Å². The molecular formula is C23H34ClFO2Si. The smallest absolute Gasteiger partial charge is 0.314 e. The Hall–Kier alpha value is -0.873. The van der Waals surface area contributed by atoms with E-state index in [1.54, 1.807) is 24.3 Å². The lowest BCUT2D eigenvalue weighted by Crippen LogP contribution is -2.42. The lowest BCUT2D eigenvalue weighted by Gasteiger charge is -2.40. The summed E-state index contributed by atoms with van der Waals surface area (Å²) in [5, 5.41) is 0.615. The van der Waals surface area contributed by atoms with Crippen LogP contribution in [0.1, 0.15) is 65.2 Å². The van der Waals surface area contributed by atoms with Gasteiger partial charge in [0.25, 0.3) is 0 Å². The zero-order valence-electron chi connectivity index (χ0n) is 17.3. The molecule has 28 heavy (non-hydrogen) atoms. The van der Waals surface area contributed by atoms with Gasteiger partial charge in [-0.15, -0.1) is 0 Å². The fourth-order valence-electron chi connectivity index (χ4n) is 4.98. The van der Waals surface area contributed by atoms with Crippen molar-refractivity contribution in [1.82, 2.24) is 0 Å². The molecule has 156 valence electrons. The summed E-state index contributed by atoms with van der Waals surface area (Å²) >= 11 is 5.86. The molecule has 0 spiro atoms. The molecule has 2 nitrogen and oxygen atoms in total. The van der Waals surface area contributed by atoms with Crippen molar-refractivity contribution in [3.63, 3.8) is 0 Å². The van der Waals surface area contributed by atoms with E-state index in [1.165, 1.54) is 25.7 Å². The van der Waals surface area contributed by atoms with Crippen LogP contribution in [0.3, 0.4) is 0 Å². The summed E-state index contributed by atoms with van der Waals surface area (Å²) in [5.41, 5.74) is 0.316. The highest BCUT2D eigenvalue weighted by Gasteiger charge is 2.47. The first kappa shape index (κ1) is 21.8. The number of ether oxygens (including phenoxy) is 1. The van der Waals surface area contributed by atoms with Crippen molar-refractivity contribution in [2.75, 3.05) is 0 Å². The van der Waals surface area contributed by atoms with Crippen molar-refractivity contribution in [2.45, 2.75) is 82.8 Å². The first-order chi connectivity index (χ1) is 13.4. The van der Waals surface area contributed by atoms with Gasteiger partial charge in [-0.1, -0.05) is 64.0 Å². The monoisotopic (exact) mass is 424 g/mol. The lowest BCUT2D eigenvalue weighted by atomic mass is 9.84. The average molecular weight is 425 g/mol. The van der Waals surface area contributed by atoms with Crippen molar-refractivity contribution < 1.29 is 13.6 Å². The molecule has 1 aromatic rings. The summed E-state index contributed by atoms with van der Waals surface area (Å²) in [5.74, 6) is 1.72. The SMILES string of the molecule is CC(C)CCC1CCC([Si]2(F)CCC(C(=O)Oc3ccc(Cl)cc3)CC2)CC1. The summed E-state index contributed by atoms with van der Waals surface area (Å²) < 4.78 is 21.3. The Morgan fingerprint density at radius 2 is 1.71 bits per heavy atom.